The minimum Gasteiger partial charge on any atom is -0.355 e. The molecule has 0 bridgehead atoms. The van der Waals surface area contributed by atoms with Crippen LogP contribution in [0.15, 0.2) is 55.1 Å². The second-order valence-electron chi connectivity index (χ2n) is 7.13. The number of aryl methyl sites for hydroxylation is 1. The van der Waals surface area contributed by atoms with Crippen LogP contribution in [-0.4, -0.2) is 30.9 Å². The van der Waals surface area contributed by atoms with Gasteiger partial charge >= 0.3 is 0 Å². The maximum absolute atomic E-state index is 14.4. The predicted molar refractivity (Wildman–Crippen MR) is 111 cm³/mol. The average Bonchev–Trinajstić information content (AvgIpc) is 2.71. The van der Waals surface area contributed by atoms with Gasteiger partial charge in [0, 0.05) is 31.9 Å². The highest BCUT2D eigenvalue weighted by molar-refractivity contribution is 5.84. The Morgan fingerprint density at radius 2 is 1.93 bits per heavy atom. The molecule has 6 heteroatoms. The van der Waals surface area contributed by atoms with E-state index in [4.69, 9.17) is 0 Å². The molecule has 0 spiro atoms. The summed E-state index contributed by atoms with van der Waals surface area (Å²) in [6.07, 6.45) is 0.521. The van der Waals surface area contributed by atoms with Crippen molar-refractivity contribution in [2.24, 2.45) is 0 Å². The molecule has 0 saturated heterocycles. The van der Waals surface area contributed by atoms with Crippen molar-refractivity contribution >= 4 is 11.6 Å². The standard InChI is InChI=1S/C23H25F2N3O/c1-6-23(24,25)21-13-20(12-11-18(21)14-26)28(17(3)22(29)27(4)5)15-19-10-8-7-9-16(19)2/h6-13,17H,1,15H2,2-5H3. The zero-order chi connectivity index (χ0) is 21.8. The minimum absolute atomic E-state index is 0.124. The molecule has 0 radical (unpaired) electrons. The van der Waals surface area contributed by atoms with Crippen LogP contribution in [0.4, 0.5) is 14.5 Å². The zero-order valence-electron chi connectivity index (χ0n) is 17.1. The van der Waals surface area contributed by atoms with Gasteiger partial charge in [-0.15, -0.1) is 0 Å². The summed E-state index contributed by atoms with van der Waals surface area (Å²) in [5, 5.41) is 9.26. The smallest absolute Gasteiger partial charge is 0.292 e. The number of anilines is 1. The topological polar surface area (TPSA) is 47.3 Å². The SMILES string of the molecule is C=CC(F)(F)c1cc(N(Cc2ccccc2C)C(C)C(=O)N(C)C)ccc1C#N. The Bertz CT molecular complexity index is 947. The number of carbonyl (C=O) groups excluding carboxylic acids is 1. The number of nitrogens with zero attached hydrogens (tertiary/aromatic N) is 3. The Morgan fingerprint density at radius 3 is 2.48 bits per heavy atom. The van der Waals surface area contributed by atoms with Crippen molar-refractivity contribution in [3.63, 3.8) is 0 Å². The van der Waals surface area contributed by atoms with Crippen molar-refractivity contribution in [3.05, 3.63) is 77.4 Å². The van der Waals surface area contributed by atoms with E-state index < -0.39 is 17.5 Å². The van der Waals surface area contributed by atoms with Gasteiger partial charge in [-0.1, -0.05) is 30.8 Å². The van der Waals surface area contributed by atoms with Crippen LogP contribution in [0.2, 0.25) is 0 Å². The lowest BCUT2D eigenvalue weighted by Crippen LogP contribution is -2.44. The third-order valence-corrected chi connectivity index (χ3v) is 4.94. The predicted octanol–water partition coefficient (Wildman–Crippen LogP) is 4.63. The fourth-order valence-corrected chi connectivity index (χ4v) is 3.12. The summed E-state index contributed by atoms with van der Waals surface area (Å²) >= 11 is 0. The number of amides is 1. The minimum atomic E-state index is -3.36. The Kier molecular flexibility index (Phi) is 6.76. The second kappa shape index (κ2) is 8.87. The second-order valence-corrected chi connectivity index (χ2v) is 7.13. The molecule has 0 aliphatic carbocycles. The van der Waals surface area contributed by atoms with Gasteiger partial charge in [-0.2, -0.15) is 14.0 Å². The molecule has 1 amide bonds. The van der Waals surface area contributed by atoms with E-state index >= 15 is 0 Å². The molecule has 0 aromatic heterocycles. The van der Waals surface area contributed by atoms with Gasteiger partial charge in [-0.05, 0) is 49.2 Å². The monoisotopic (exact) mass is 397 g/mol. The van der Waals surface area contributed by atoms with Gasteiger partial charge in [0.15, 0.2) is 0 Å². The molecule has 0 N–H and O–H groups in total. The lowest BCUT2D eigenvalue weighted by Gasteiger charge is -2.33. The number of benzene rings is 2. The molecular formula is C23H25F2N3O. The molecule has 2 rings (SSSR count). The van der Waals surface area contributed by atoms with E-state index in [1.54, 1.807) is 32.0 Å². The molecule has 2 aromatic rings. The van der Waals surface area contributed by atoms with Gasteiger partial charge in [-0.3, -0.25) is 4.79 Å². The first-order valence-electron chi connectivity index (χ1n) is 9.20. The number of likely N-dealkylation sites (N-methyl/N-ethyl adjacent to an activating group) is 1. The highest BCUT2D eigenvalue weighted by Crippen LogP contribution is 2.35. The fourth-order valence-electron chi connectivity index (χ4n) is 3.12. The molecule has 29 heavy (non-hydrogen) atoms. The average molecular weight is 397 g/mol. The van der Waals surface area contributed by atoms with Crippen molar-refractivity contribution in [2.45, 2.75) is 32.4 Å². The van der Waals surface area contributed by atoms with Crippen LogP contribution in [0.5, 0.6) is 0 Å². The molecule has 0 saturated carbocycles. The summed E-state index contributed by atoms with van der Waals surface area (Å²) in [5.41, 5.74) is 1.90. The van der Waals surface area contributed by atoms with E-state index in [1.165, 1.54) is 17.0 Å². The first kappa shape index (κ1) is 22.1. The largest absolute Gasteiger partial charge is 0.355 e. The molecule has 1 atom stereocenters. The van der Waals surface area contributed by atoms with Crippen molar-refractivity contribution in [1.29, 1.82) is 5.26 Å². The van der Waals surface area contributed by atoms with Crippen LogP contribution in [0, 0.1) is 18.3 Å². The molecule has 1 unspecified atom stereocenters. The Labute approximate surface area is 170 Å². The summed E-state index contributed by atoms with van der Waals surface area (Å²) in [5.74, 6) is -3.51. The number of nitriles is 1. The summed E-state index contributed by atoms with van der Waals surface area (Å²) in [6.45, 7) is 7.25. The highest BCUT2D eigenvalue weighted by atomic mass is 19.3. The molecule has 4 nitrogen and oxygen atoms in total. The van der Waals surface area contributed by atoms with Gasteiger partial charge in [0.05, 0.1) is 11.6 Å². The Balaban J connectivity index is 2.61. The van der Waals surface area contributed by atoms with E-state index in [9.17, 15) is 18.8 Å². The molecular weight excluding hydrogens is 372 g/mol. The van der Waals surface area contributed by atoms with Crippen LogP contribution in [0.3, 0.4) is 0 Å². The number of hydrogen-bond acceptors (Lipinski definition) is 3. The lowest BCUT2D eigenvalue weighted by atomic mass is 9.99. The van der Waals surface area contributed by atoms with Gasteiger partial charge in [0.2, 0.25) is 5.91 Å². The van der Waals surface area contributed by atoms with Crippen LogP contribution < -0.4 is 4.90 Å². The van der Waals surface area contributed by atoms with Crippen molar-refractivity contribution in [1.82, 2.24) is 4.90 Å². The summed E-state index contributed by atoms with van der Waals surface area (Å²) < 4.78 is 28.8. The van der Waals surface area contributed by atoms with E-state index in [-0.39, 0.29) is 11.5 Å². The van der Waals surface area contributed by atoms with Gasteiger partial charge in [0.25, 0.3) is 5.92 Å². The van der Waals surface area contributed by atoms with Gasteiger partial charge in [-0.25, -0.2) is 0 Å². The van der Waals surface area contributed by atoms with Crippen LogP contribution in [0.1, 0.15) is 29.2 Å². The van der Waals surface area contributed by atoms with Gasteiger partial charge in [0.1, 0.15) is 6.04 Å². The number of carbonyl (C=O) groups is 1. The maximum Gasteiger partial charge on any atom is 0.292 e. The molecule has 0 aliphatic heterocycles. The number of allylic oxidation sites excluding steroid dienone is 1. The third-order valence-electron chi connectivity index (χ3n) is 4.94. The first-order valence-corrected chi connectivity index (χ1v) is 9.20. The summed E-state index contributed by atoms with van der Waals surface area (Å²) in [6, 6.07) is 13.2. The van der Waals surface area contributed by atoms with E-state index in [0.29, 0.717) is 18.3 Å². The number of rotatable bonds is 7. The highest BCUT2D eigenvalue weighted by Gasteiger charge is 2.32. The van der Waals surface area contributed by atoms with E-state index in [0.717, 1.165) is 11.1 Å². The van der Waals surface area contributed by atoms with Crippen molar-refractivity contribution in [3.8, 4) is 6.07 Å². The van der Waals surface area contributed by atoms with E-state index in [1.807, 2.05) is 37.3 Å². The first-order chi connectivity index (χ1) is 13.6. The van der Waals surface area contributed by atoms with Crippen molar-refractivity contribution in [2.75, 3.05) is 19.0 Å². The van der Waals surface area contributed by atoms with Crippen LogP contribution in [0.25, 0.3) is 0 Å². The molecule has 0 heterocycles. The zero-order valence-corrected chi connectivity index (χ0v) is 17.1. The van der Waals surface area contributed by atoms with Gasteiger partial charge < -0.3 is 9.80 Å². The normalized spacial score (nSPS) is 12.0. The third kappa shape index (κ3) is 4.80. The Hall–Kier alpha value is -3.20. The molecule has 2 aromatic carbocycles. The number of alkyl halides is 2. The quantitative estimate of drug-likeness (QED) is 0.640. The van der Waals surface area contributed by atoms with Crippen LogP contribution >= 0.6 is 0 Å². The van der Waals surface area contributed by atoms with E-state index in [2.05, 4.69) is 6.58 Å². The summed E-state index contributed by atoms with van der Waals surface area (Å²) in [4.78, 5) is 15.9. The Morgan fingerprint density at radius 1 is 1.28 bits per heavy atom. The lowest BCUT2D eigenvalue weighted by molar-refractivity contribution is -0.129. The number of hydrogen-bond donors (Lipinski definition) is 0. The van der Waals surface area contributed by atoms with Crippen molar-refractivity contribution < 1.29 is 13.6 Å². The number of halogens is 2. The molecule has 0 fully saturated rings. The maximum atomic E-state index is 14.4. The summed E-state index contributed by atoms with van der Waals surface area (Å²) in [7, 11) is 3.31. The van der Waals surface area contributed by atoms with Crippen LogP contribution in [-0.2, 0) is 17.3 Å². The molecule has 152 valence electrons. The molecule has 0 aliphatic rings. The fraction of sp³-hybridized carbons (Fsp3) is 0.304.